The number of carbonyl (C=O) groups is 1. The molecule has 4 aliphatic rings. The number of ether oxygens (including phenoxy) is 1. The van der Waals surface area contributed by atoms with Crippen LogP contribution in [0.15, 0.2) is 36.4 Å². The first kappa shape index (κ1) is 31.2. The second-order valence-electron chi connectivity index (χ2n) is 14.0. The average Bonchev–Trinajstić information content (AvgIpc) is 3.71. The molecular weight excluding hydrogens is 603 g/mol. The average molecular weight is 650 g/mol. The fourth-order valence-corrected chi connectivity index (χ4v) is 10.8. The highest BCUT2D eigenvalue weighted by atomic mass is 32.2. The lowest BCUT2D eigenvalue weighted by atomic mass is 9.81. The minimum Gasteiger partial charge on any atom is -0.497 e. The molecule has 3 unspecified atom stereocenters. The van der Waals surface area contributed by atoms with Crippen LogP contribution in [-0.2, 0) is 17.5 Å². The summed E-state index contributed by atoms with van der Waals surface area (Å²) < 4.78 is 29.8. The maximum atomic E-state index is 14.9. The number of nitrogens with one attached hydrogen (secondary N) is 1. The molecule has 2 saturated carbocycles. The van der Waals surface area contributed by atoms with Crippen molar-refractivity contribution in [3.63, 3.8) is 0 Å². The van der Waals surface area contributed by atoms with Crippen LogP contribution in [0.3, 0.4) is 0 Å². The van der Waals surface area contributed by atoms with Gasteiger partial charge in [-0.15, -0.1) is 0 Å². The van der Waals surface area contributed by atoms with E-state index in [1.54, 1.807) is 7.11 Å². The Balaban J connectivity index is 1.41. The molecule has 0 radical (unpaired) electrons. The van der Waals surface area contributed by atoms with Gasteiger partial charge in [-0.3, -0.25) is 14.4 Å². The van der Waals surface area contributed by atoms with Crippen LogP contribution >= 0.6 is 12.1 Å². The third-order valence-corrected chi connectivity index (χ3v) is 13.6. The summed E-state index contributed by atoms with van der Waals surface area (Å²) in [6.07, 6.45) is 7.01. The van der Waals surface area contributed by atoms with Crippen LogP contribution in [0, 0.1) is 0 Å². The first-order chi connectivity index (χ1) is 21.6. The number of amides is 1. The summed E-state index contributed by atoms with van der Waals surface area (Å²) in [5.41, 5.74) is 6.91. The monoisotopic (exact) mass is 649 g/mol. The van der Waals surface area contributed by atoms with Gasteiger partial charge in [0.15, 0.2) is 0 Å². The Morgan fingerprint density at radius 3 is 2.49 bits per heavy atom. The molecule has 1 saturated heterocycles. The second kappa shape index (κ2) is 12.0. The number of carbonyl (C=O) groups excluding carboxylic acids is 1. The second-order valence-corrected chi connectivity index (χ2v) is 16.9. The van der Waals surface area contributed by atoms with Crippen LogP contribution in [0.25, 0.3) is 22.2 Å². The zero-order chi connectivity index (χ0) is 31.6. The van der Waals surface area contributed by atoms with Gasteiger partial charge in [-0.25, -0.2) is 12.8 Å². The van der Waals surface area contributed by atoms with Crippen LogP contribution in [0.2, 0.25) is 0 Å². The molecule has 8 nitrogen and oxygen atoms in total. The Labute approximate surface area is 274 Å². The van der Waals surface area contributed by atoms with E-state index in [0.29, 0.717) is 30.1 Å². The van der Waals surface area contributed by atoms with E-state index in [0.717, 1.165) is 30.8 Å². The molecule has 3 aromatic rings. The van der Waals surface area contributed by atoms with E-state index in [2.05, 4.69) is 69.7 Å². The smallest absolute Gasteiger partial charge is 0.262 e. The van der Waals surface area contributed by atoms with Crippen LogP contribution in [0.5, 0.6) is 5.75 Å². The van der Waals surface area contributed by atoms with Gasteiger partial charge in [-0.1, -0.05) is 25.3 Å². The molecular formula is C35H47N5O3S2. The van der Waals surface area contributed by atoms with Crippen LogP contribution in [-0.4, -0.2) is 86.4 Å². The van der Waals surface area contributed by atoms with Crippen molar-refractivity contribution in [3.05, 3.63) is 53.1 Å². The van der Waals surface area contributed by atoms with Crippen LogP contribution < -0.4 is 9.46 Å². The summed E-state index contributed by atoms with van der Waals surface area (Å²) in [5.74, 6) is 1.40. The highest BCUT2D eigenvalue weighted by Crippen LogP contribution is 2.63. The van der Waals surface area contributed by atoms with Gasteiger partial charge < -0.3 is 9.30 Å². The van der Waals surface area contributed by atoms with Crippen molar-refractivity contribution in [1.29, 1.82) is 0 Å². The Hall–Kier alpha value is -2.37. The summed E-state index contributed by atoms with van der Waals surface area (Å²) >= 11 is 1.29. The van der Waals surface area contributed by atoms with E-state index in [1.807, 2.05) is 24.5 Å². The maximum Gasteiger partial charge on any atom is 0.262 e. The number of benzene rings is 2. The summed E-state index contributed by atoms with van der Waals surface area (Å²) in [4.78, 5) is 15.7. The molecule has 3 fully saturated rings. The molecule has 1 aromatic heterocycles. The number of aromatic nitrogens is 1. The van der Waals surface area contributed by atoms with Crippen molar-refractivity contribution in [3.8, 4) is 17.0 Å². The lowest BCUT2D eigenvalue weighted by molar-refractivity contribution is 0.0983. The highest BCUT2D eigenvalue weighted by molar-refractivity contribution is 7.95. The third-order valence-electron chi connectivity index (χ3n) is 10.9. The van der Waals surface area contributed by atoms with Crippen molar-refractivity contribution in [2.24, 2.45) is 0 Å². The molecule has 2 aromatic carbocycles. The quantitative estimate of drug-likeness (QED) is 0.310. The number of piperazine rings is 1. The van der Waals surface area contributed by atoms with Crippen molar-refractivity contribution in [2.45, 2.75) is 87.6 Å². The van der Waals surface area contributed by atoms with Gasteiger partial charge in [0, 0.05) is 71.8 Å². The fourth-order valence-electron chi connectivity index (χ4n) is 8.26. The maximum absolute atomic E-state index is 14.9. The Kier molecular flexibility index (Phi) is 8.34. The summed E-state index contributed by atoms with van der Waals surface area (Å²) in [6.45, 7) is 6.75. The normalized spacial score (nSPS) is 27.8. The largest absolute Gasteiger partial charge is 0.497 e. The van der Waals surface area contributed by atoms with Crippen molar-refractivity contribution < 1.29 is 13.7 Å². The van der Waals surface area contributed by atoms with E-state index in [-0.39, 0.29) is 11.8 Å². The van der Waals surface area contributed by atoms with E-state index in [1.165, 1.54) is 72.0 Å². The predicted octanol–water partition coefficient (Wildman–Crippen LogP) is 6.15. The molecule has 45 heavy (non-hydrogen) atoms. The zero-order valence-corrected chi connectivity index (χ0v) is 29.1. The molecule has 0 bridgehead atoms. The van der Waals surface area contributed by atoms with E-state index < -0.39 is 15.7 Å². The van der Waals surface area contributed by atoms with Gasteiger partial charge in [-0.05, 0) is 102 Å². The van der Waals surface area contributed by atoms with E-state index >= 15 is 0 Å². The number of rotatable bonds is 7. The Bertz CT molecular complexity index is 1640. The number of fused-ring (bicyclic) bond motifs is 7. The van der Waals surface area contributed by atoms with Crippen LogP contribution in [0.4, 0.5) is 0 Å². The first-order valence-corrected chi connectivity index (χ1v) is 18.4. The van der Waals surface area contributed by atoms with Gasteiger partial charge in [-0.2, -0.15) is 0 Å². The summed E-state index contributed by atoms with van der Waals surface area (Å²) in [6, 6.07) is 13.5. The number of nitrogens with zero attached hydrogens (tertiary/aromatic N) is 4. The SMILES string of the molecule is COc1ccc2c(c1)C1CC1(S(=O)N1C[C@@H](C)N(C)[C@@H](C)C1)Cn1c-2c(C2CCCCC2)c2ccc(C(=O)NSN(C)C)cc21. The Morgan fingerprint density at radius 1 is 1.07 bits per heavy atom. The molecule has 3 heterocycles. The minimum absolute atomic E-state index is 0.105. The molecule has 2 aliphatic carbocycles. The van der Waals surface area contributed by atoms with Crippen molar-refractivity contribution in [2.75, 3.05) is 41.3 Å². The van der Waals surface area contributed by atoms with Gasteiger partial charge >= 0.3 is 0 Å². The molecule has 7 rings (SSSR count). The van der Waals surface area contributed by atoms with Crippen molar-refractivity contribution in [1.82, 2.24) is 22.8 Å². The van der Waals surface area contributed by atoms with Crippen LogP contribution in [0.1, 0.15) is 85.7 Å². The summed E-state index contributed by atoms with van der Waals surface area (Å²) in [5, 5.41) is 1.23. The lowest BCUT2D eigenvalue weighted by Gasteiger charge is -2.42. The molecule has 1 N–H and O–H groups in total. The standard InChI is InChI=1S/C35H47N5O3S2/c1-22-19-39(20-23(2)38(22)5)45(42)35-18-30(35)29-17-26(43-6)13-15-27(29)33-32(24-10-8-7-9-11-24)28-14-12-25(16-31(28)40(33)21-35)34(41)36-44-37(3)4/h12-17,22-24,30H,7-11,18-21H2,1-6H3,(H,36,41)/t22-,23+,30?,35?,45?. The molecule has 0 spiro atoms. The number of methoxy groups -OCH3 is 1. The fraction of sp³-hybridized carbons (Fsp3) is 0.571. The van der Waals surface area contributed by atoms with Gasteiger partial charge in [0.1, 0.15) is 16.7 Å². The zero-order valence-electron chi connectivity index (χ0n) is 27.5. The lowest BCUT2D eigenvalue weighted by Crippen LogP contribution is -2.57. The molecule has 242 valence electrons. The van der Waals surface area contributed by atoms with Crippen molar-refractivity contribution >= 4 is 39.9 Å². The number of hydrogen-bond donors (Lipinski definition) is 1. The van der Waals surface area contributed by atoms with E-state index in [4.69, 9.17) is 4.74 Å². The minimum atomic E-state index is -1.18. The van der Waals surface area contributed by atoms with Gasteiger partial charge in [0.2, 0.25) is 0 Å². The molecule has 1 amide bonds. The number of hydrogen-bond acceptors (Lipinski definition) is 6. The third kappa shape index (κ3) is 5.34. The number of likely N-dealkylation sites (N-methyl/N-ethyl adjacent to an activating group) is 1. The topological polar surface area (TPSA) is 70.0 Å². The molecule has 10 heteroatoms. The summed E-state index contributed by atoms with van der Waals surface area (Å²) in [7, 11) is 6.56. The Morgan fingerprint density at radius 2 is 1.80 bits per heavy atom. The van der Waals surface area contributed by atoms with Gasteiger partial charge in [0.05, 0.1) is 17.6 Å². The highest BCUT2D eigenvalue weighted by Gasteiger charge is 2.63. The molecule has 2 aliphatic heterocycles. The van der Waals surface area contributed by atoms with Gasteiger partial charge in [0.25, 0.3) is 5.91 Å². The first-order valence-electron chi connectivity index (χ1n) is 16.5. The molecule has 5 atom stereocenters. The predicted molar refractivity (Wildman–Crippen MR) is 185 cm³/mol. The van der Waals surface area contributed by atoms with E-state index in [9.17, 15) is 9.00 Å².